The van der Waals surface area contributed by atoms with Crippen molar-refractivity contribution in [3.05, 3.63) is 41.4 Å². The molecule has 1 unspecified atom stereocenters. The van der Waals surface area contributed by atoms with Gasteiger partial charge in [0.15, 0.2) is 6.10 Å². The number of nitrogens with one attached hydrogen (secondary N) is 1. The second kappa shape index (κ2) is 6.58. The number of ether oxygens (including phenoxy) is 1. The largest absolute Gasteiger partial charge is 0.479 e. The van der Waals surface area contributed by atoms with Gasteiger partial charge in [0.05, 0.1) is 16.9 Å². The molecular formula is C14H15ClFN3O2. The predicted octanol–water partition coefficient (Wildman–Crippen LogP) is 3.10. The summed E-state index contributed by atoms with van der Waals surface area (Å²) in [5, 5.41) is 6.86. The zero-order valence-electron chi connectivity index (χ0n) is 11.6. The predicted molar refractivity (Wildman–Crippen MR) is 78.0 cm³/mol. The molecule has 5 nitrogen and oxygen atoms in total. The number of aryl methyl sites for hydroxylation is 1. The molecule has 1 aromatic heterocycles. The number of nitrogens with zero attached hydrogens (tertiary/aromatic N) is 2. The molecule has 0 aliphatic rings. The average molecular weight is 312 g/mol. The minimum atomic E-state index is -0.780. The molecule has 21 heavy (non-hydrogen) atoms. The molecule has 2 aromatic rings. The van der Waals surface area contributed by atoms with Crippen LogP contribution >= 0.6 is 11.6 Å². The monoisotopic (exact) mass is 311 g/mol. The van der Waals surface area contributed by atoms with Crippen LogP contribution in [0.5, 0.6) is 5.75 Å². The first kappa shape index (κ1) is 15.3. The maximum atomic E-state index is 12.9. The van der Waals surface area contributed by atoms with Crippen molar-refractivity contribution in [2.45, 2.75) is 26.5 Å². The number of benzene rings is 1. The number of halogens is 2. The van der Waals surface area contributed by atoms with Crippen LogP contribution in [-0.2, 0) is 11.3 Å². The molecule has 0 aliphatic heterocycles. The lowest BCUT2D eigenvalue weighted by molar-refractivity contribution is -0.122. The van der Waals surface area contributed by atoms with E-state index in [0.717, 1.165) is 6.07 Å². The van der Waals surface area contributed by atoms with Crippen LogP contribution in [-0.4, -0.2) is 21.8 Å². The molecule has 0 aliphatic carbocycles. The van der Waals surface area contributed by atoms with Gasteiger partial charge < -0.3 is 10.1 Å². The fourth-order valence-corrected chi connectivity index (χ4v) is 1.87. The van der Waals surface area contributed by atoms with Crippen LogP contribution in [0.2, 0.25) is 5.02 Å². The summed E-state index contributed by atoms with van der Waals surface area (Å²) < 4.78 is 20.1. The molecule has 2 rings (SSSR count). The third kappa shape index (κ3) is 3.95. The molecule has 7 heteroatoms. The van der Waals surface area contributed by atoms with Gasteiger partial charge in [0, 0.05) is 12.7 Å². The molecule has 0 spiro atoms. The summed E-state index contributed by atoms with van der Waals surface area (Å²) in [6, 6.07) is 3.74. The number of carbonyl (C=O) groups is 1. The van der Waals surface area contributed by atoms with Crippen LogP contribution in [0, 0.1) is 5.82 Å². The third-order valence-electron chi connectivity index (χ3n) is 2.79. The Morgan fingerprint density at radius 2 is 2.33 bits per heavy atom. The van der Waals surface area contributed by atoms with Crippen molar-refractivity contribution >= 4 is 23.2 Å². The van der Waals surface area contributed by atoms with Crippen LogP contribution in [0.25, 0.3) is 0 Å². The lowest BCUT2D eigenvalue weighted by atomic mass is 10.3. The van der Waals surface area contributed by atoms with Crippen LogP contribution in [0.1, 0.15) is 13.8 Å². The standard InChI is InChI=1S/C14H15ClFN3O2/c1-3-19-8-11(7-17-19)18-14(20)9(2)21-13-5-4-10(16)6-12(13)15/h4-9H,3H2,1-2H3,(H,18,20). The van der Waals surface area contributed by atoms with Gasteiger partial charge in [-0.3, -0.25) is 9.48 Å². The minimum Gasteiger partial charge on any atom is -0.479 e. The lowest BCUT2D eigenvalue weighted by Crippen LogP contribution is -2.30. The van der Waals surface area contributed by atoms with E-state index in [-0.39, 0.29) is 16.7 Å². The zero-order valence-corrected chi connectivity index (χ0v) is 12.4. The van der Waals surface area contributed by atoms with E-state index in [1.54, 1.807) is 24.0 Å². The van der Waals surface area contributed by atoms with Gasteiger partial charge in [0.2, 0.25) is 0 Å². The minimum absolute atomic E-state index is 0.119. The van der Waals surface area contributed by atoms with Gasteiger partial charge >= 0.3 is 0 Å². The van der Waals surface area contributed by atoms with E-state index in [1.807, 2.05) is 6.92 Å². The van der Waals surface area contributed by atoms with Gasteiger partial charge in [-0.25, -0.2) is 4.39 Å². The molecule has 0 fully saturated rings. The van der Waals surface area contributed by atoms with Crippen molar-refractivity contribution in [3.63, 3.8) is 0 Å². The Hall–Kier alpha value is -2.08. The fraction of sp³-hybridized carbons (Fsp3) is 0.286. The van der Waals surface area contributed by atoms with E-state index in [0.29, 0.717) is 12.2 Å². The van der Waals surface area contributed by atoms with Crippen LogP contribution in [0.3, 0.4) is 0 Å². The first-order chi connectivity index (χ1) is 9.99. The Morgan fingerprint density at radius 1 is 1.57 bits per heavy atom. The van der Waals surface area contributed by atoms with Crippen LogP contribution in [0.15, 0.2) is 30.6 Å². The van der Waals surface area contributed by atoms with E-state index >= 15 is 0 Å². The molecule has 0 saturated heterocycles. The smallest absolute Gasteiger partial charge is 0.265 e. The van der Waals surface area contributed by atoms with Gasteiger partial charge in [0.1, 0.15) is 11.6 Å². The Balaban J connectivity index is 1.98. The molecule has 112 valence electrons. The Labute approximate surface area is 126 Å². The van der Waals surface area contributed by atoms with Gasteiger partial charge in [0.25, 0.3) is 5.91 Å². The number of amides is 1. The number of aromatic nitrogens is 2. The second-order valence-electron chi connectivity index (χ2n) is 4.41. The summed E-state index contributed by atoms with van der Waals surface area (Å²) in [6.07, 6.45) is 2.49. The van der Waals surface area contributed by atoms with Crippen molar-refractivity contribution in [2.75, 3.05) is 5.32 Å². The summed E-state index contributed by atoms with van der Waals surface area (Å²) in [5.41, 5.74) is 0.586. The molecule has 1 N–H and O–H groups in total. The highest BCUT2D eigenvalue weighted by Gasteiger charge is 2.17. The summed E-state index contributed by atoms with van der Waals surface area (Å²) in [6.45, 7) is 4.24. The maximum absolute atomic E-state index is 12.9. The topological polar surface area (TPSA) is 56.2 Å². The first-order valence-electron chi connectivity index (χ1n) is 6.44. The van der Waals surface area contributed by atoms with Crippen LogP contribution < -0.4 is 10.1 Å². The Bertz CT molecular complexity index is 645. The van der Waals surface area contributed by atoms with Crippen molar-refractivity contribution in [3.8, 4) is 5.75 Å². The molecule has 1 amide bonds. The SMILES string of the molecule is CCn1cc(NC(=O)C(C)Oc2ccc(F)cc2Cl)cn1. The van der Waals surface area contributed by atoms with Crippen molar-refractivity contribution in [2.24, 2.45) is 0 Å². The van der Waals surface area contributed by atoms with Crippen molar-refractivity contribution in [1.29, 1.82) is 0 Å². The highest BCUT2D eigenvalue weighted by Crippen LogP contribution is 2.26. The molecular weight excluding hydrogens is 297 g/mol. The van der Waals surface area contributed by atoms with Gasteiger partial charge in [-0.05, 0) is 32.0 Å². The Kier molecular flexibility index (Phi) is 4.80. The Morgan fingerprint density at radius 3 is 2.95 bits per heavy atom. The molecule has 0 radical (unpaired) electrons. The lowest BCUT2D eigenvalue weighted by Gasteiger charge is -2.15. The van der Waals surface area contributed by atoms with Gasteiger partial charge in [-0.15, -0.1) is 0 Å². The summed E-state index contributed by atoms with van der Waals surface area (Å²) in [5.74, 6) is -0.549. The summed E-state index contributed by atoms with van der Waals surface area (Å²) >= 11 is 5.85. The fourth-order valence-electron chi connectivity index (χ4n) is 1.66. The van der Waals surface area contributed by atoms with Crippen LogP contribution in [0.4, 0.5) is 10.1 Å². The third-order valence-corrected chi connectivity index (χ3v) is 3.09. The van der Waals surface area contributed by atoms with Gasteiger partial charge in [-0.2, -0.15) is 5.10 Å². The van der Waals surface area contributed by atoms with Crippen molar-refractivity contribution in [1.82, 2.24) is 9.78 Å². The highest BCUT2D eigenvalue weighted by atomic mass is 35.5. The summed E-state index contributed by atoms with van der Waals surface area (Å²) in [4.78, 5) is 12.0. The average Bonchev–Trinajstić information content (AvgIpc) is 2.89. The van der Waals surface area contributed by atoms with E-state index in [1.165, 1.54) is 12.1 Å². The molecule has 1 aromatic carbocycles. The van der Waals surface area contributed by atoms with E-state index in [9.17, 15) is 9.18 Å². The number of anilines is 1. The quantitative estimate of drug-likeness (QED) is 0.923. The van der Waals surface area contributed by atoms with Gasteiger partial charge in [-0.1, -0.05) is 11.6 Å². The maximum Gasteiger partial charge on any atom is 0.265 e. The number of rotatable bonds is 5. The highest BCUT2D eigenvalue weighted by molar-refractivity contribution is 6.32. The zero-order chi connectivity index (χ0) is 15.4. The molecule has 0 bridgehead atoms. The van der Waals surface area contributed by atoms with E-state index in [4.69, 9.17) is 16.3 Å². The molecule has 0 saturated carbocycles. The number of carbonyl (C=O) groups excluding carboxylic acids is 1. The number of hydrogen-bond acceptors (Lipinski definition) is 3. The molecule has 1 atom stereocenters. The van der Waals surface area contributed by atoms with E-state index < -0.39 is 11.9 Å². The summed E-state index contributed by atoms with van der Waals surface area (Å²) in [7, 11) is 0. The number of hydrogen-bond donors (Lipinski definition) is 1. The molecule has 1 heterocycles. The second-order valence-corrected chi connectivity index (χ2v) is 4.82. The van der Waals surface area contributed by atoms with Crippen molar-refractivity contribution < 1.29 is 13.9 Å². The normalized spacial score (nSPS) is 12.0. The van der Waals surface area contributed by atoms with E-state index in [2.05, 4.69) is 10.4 Å². The first-order valence-corrected chi connectivity index (χ1v) is 6.82.